The molecule has 1 aliphatic rings. The highest BCUT2D eigenvalue weighted by molar-refractivity contribution is 6.02. The number of hydrogen-bond acceptors (Lipinski definition) is 5. The molecule has 1 atom stereocenters. The van der Waals surface area contributed by atoms with Crippen molar-refractivity contribution in [1.82, 2.24) is 20.1 Å². The Morgan fingerprint density at radius 3 is 2.36 bits per heavy atom. The molecule has 0 radical (unpaired) electrons. The maximum Gasteiger partial charge on any atom is 0.420 e. The number of benzene rings is 3. The normalized spacial score (nSPS) is 15.6. The van der Waals surface area contributed by atoms with Crippen LogP contribution in [0.3, 0.4) is 0 Å². The summed E-state index contributed by atoms with van der Waals surface area (Å²) in [6.07, 6.45) is -10.3. The molecule has 3 aromatic carbocycles. The third-order valence-electron chi connectivity index (χ3n) is 7.03. The van der Waals surface area contributed by atoms with Gasteiger partial charge in [0.25, 0.3) is 11.8 Å². The molecule has 2 N–H and O–H groups in total. The summed E-state index contributed by atoms with van der Waals surface area (Å²) in [5, 5.41) is 6.75. The summed E-state index contributed by atoms with van der Waals surface area (Å²) in [7, 11) is 0. The maximum atomic E-state index is 14.4. The Morgan fingerprint density at radius 1 is 0.933 bits per heavy atom. The van der Waals surface area contributed by atoms with E-state index >= 15 is 0 Å². The summed E-state index contributed by atoms with van der Waals surface area (Å²) in [5.74, 6) is -6.24. The molecule has 0 saturated heterocycles. The van der Waals surface area contributed by atoms with Crippen LogP contribution in [0.5, 0.6) is 11.5 Å². The number of amides is 1. The lowest BCUT2D eigenvalue weighted by atomic mass is 9.95. The zero-order chi connectivity index (χ0) is 32.5. The van der Waals surface area contributed by atoms with Crippen molar-refractivity contribution in [3.8, 4) is 22.8 Å². The summed E-state index contributed by atoms with van der Waals surface area (Å²) < 4.78 is 120. The van der Waals surface area contributed by atoms with Gasteiger partial charge in [-0.25, -0.2) is 13.6 Å². The average Bonchev–Trinajstić information content (AvgIpc) is 3.60. The SMILES string of the molecule is CC(F)(F)CN1C(=O)c2[nH]nc(-c3cccc4[nH]c(=O)oc34)c2C1c1cccc(Oc2ccc(C(F)(F)F)cc2C(F)(F)F)c1. The monoisotopic (exact) mass is 638 g/mol. The Labute approximate surface area is 246 Å². The van der Waals surface area contributed by atoms with Gasteiger partial charge < -0.3 is 14.1 Å². The van der Waals surface area contributed by atoms with Gasteiger partial charge in [-0.3, -0.25) is 14.9 Å². The first-order chi connectivity index (χ1) is 21.0. The minimum absolute atomic E-state index is 0.0707. The van der Waals surface area contributed by atoms with Crippen molar-refractivity contribution in [1.29, 1.82) is 0 Å². The number of aromatic amines is 2. The Bertz CT molecular complexity index is 2000. The highest BCUT2D eigenvalue weighted by Gasteiger charge is 2.46. The molecule has 0 aliphatic carbocycles. The van der Waals surface area contributed by atoms with Crippen molar-refractivity contribution in [3.05, 3.63) is 99.2 Å². The van der Waals surface area contributed by atoms with Gasteiger partial charge in [-0.2, -0.15) is 31.4 Å². The number of H-pyrrole nitrogens is 2. The van der Waals surface area contributed by atoms with Crippen molar-refractivity contribution in [3.63, 3.8) is 0 Å². The zero-order valence-corrected chi connectivity index (χ0v) is 22.6. The molecule has 5 aromatic rings. The molecule has 0 bridgehead atoms. The molecule has 16 heteroatoms. The summed E-state index contributed by atoms with van der Waals surface area (Å²) >= 11 is 0. The number of halogens is 8. The molecule has 3 heterocycles. The first-order valence-corrected chi connectivity index (χ1v) is 13.0. The highest BCUT2D eigenvalue weighted by Crippen LogP contribution is 2.46. The van der Waals surface area contributed by atoms with Gasteiger partial charge in [0.2, 0.25) is 0 Å². The lowest BCUT2D eigenvalue weighted by molar-refractivity contribution is -0.143. The Morgan fingerprint density at radius 2 is 1.67 bits per heavy atom. The van der Waals surface area contributed by atoms with Gasteiger partial charge in [0.15, 0.2) is 5.58 Å². The molecular formula is C29H18F8N4O4. The van der Waals surface area contributed by atoms with E-state index < -0.39 is 59.4 Å². The molecule has 1 unspecified atom stereocenters. The summed E-state index contributed by atoms with van der Waals surface area (Å²) in [6.45, 7) is -0.467. The molecular weight excluding hydrogens is 620 g/mol. The molecule has 6 rings (SSSR count). The quantitative estimate of drug-likeness (QED) is 0.187. The van der Waals surface area contributed by atoms with Crippen LogP contribution < -0.4 is 10.5 Å². The van der Waals surface area contributed by atoms with Crippen molar-refractivity contribution >= 4 is 17.0 Å². The van der Waals surface area contributed by atoms with Crippen LogP contribution in [0.4, 0.5) is 35.1 Å². The van der Waals surface area contributed by atoms with Crippen molar-refractivity contribution < 1.29 is 49.1 Å². The Balaban J connectivity index is 1.47. The number of ether oxygens (including phenoxy) is 1. The Kier molecular flexibility index (Phi) is 6.78. The van der Waals surface area contributed by atoms with E-state index in [0.717, 1.165) is 4.90 Å². The van der Waals surface area contributed by atoms with Crippen molar-refractivity contribution in [2.45, 2.75) is 31.2 Å². The van der Waals surface area contributed by atoms with Gasteiger partial charge in [0, 0.05) is 18.1 Å². The van der Waals surface area contributed by atoms with Crippen LogP contribution in [0, 0.1) is 0 Å². The van der Waals surface area contributed by atoms with Crippen LogP contribution in [0.15, 0.2) is 69.9 Å². The highest BCUT2D eigenvalue weighted by atomic mass is 19.4. The number of carbonyl (C=O) groups excluding carboxylic acids is 1. The number of nitrogens with one attached hydrogen (secondary N) is 2. The largest absolute Gasteiger partial charge is 0.457 e. The second-order valence-electron chi connectivity index (χ2n) is 10.3. The van der Waals surface area contributed by atoms with Crippen LogP contribution >= 0.6 is 0 Å². The van der Waals surface area contributed by atoms with Crippen LogP contribution in [-0.2, 0) is 12.4 Å². The number of carbonyl (C=O) groups is 1. The number of hydrogen-bond donors (Lipinski definition) is 2. The topological polar surface area (TPSA) is 104 Å². The van der Waals surface area contributed by atoms with E-state index in [1.165, 1.54) is 30.3 Å². The number of fused-ring (bicyclic) bond motifs is 2. The molecule has 45 heavy (non-hydrogen) atoms. The molecule has 1 amide bonds. The average molecular weight is 638 g/mol. The first-order valence-electron chi connectivity index (χ1n) is 13.0. The van der Waals surface area contributed by atoms with Crippen LogP contribution in [0.1, 0.15) is 45.7 Å². The van der Waals surface area contributed by atoms with E-state index in [1.807, 2.05) is 0 Å². The predicted octanol–water partition coefficient (Wildman–Crippen LogP) is 7.54. The lowest BCUT2D eigenvalue weighted by Gasteiger charge is -2.29. The van der Waals surface area contributed by atoms with E-state index in [0.29, 0.717) is 24.6 Å². The second kappa shape index (κ2) is 10.2. The fourth-order valence-corrected chi connectivity index (χ4v) is 5.26. The Hall–Kier alpha value is -5.15. The molecule has 0 fully saturated rings. The van der Waals surface area contributed by atoms with E-state index in [4.69, 9.17) is 9.15 Å². The summed E-state index contributed by atoms with van der Waals surface area (Å²) in [5.41, 5.74) is -2.48. The predicted molar refractivity (Wildman–Crippen MR) is 141 cm³/mol. The molecule has 1 aliphatic heterocycles. The lowest BCUT2D eigenvalue weighted by Crippen LogP contribution is -2.38. The van der Waals surface area contributed by atoms with Crippen LogP contribution in [0.2, 0.25) is 0 Å². The van der Waals surface area contributed by atoms with Crippen LogP contribution in [-0.4, -0.2) is 38.5 Å². The molecule has 234 valence electrons. The summed E-state index contributed by atoms with van der Waals surface area (Å²) in [6, 6.07) is 9.34. The van der Waals surface area contributed by atoms with Gasteiger partial charge >= 0.3 is 18.1 Å². The maximum absolute atomic E-state index is 14.4. The zero-order valence-electron chi connectivity index (χ0n) is 22.6. The van der Waals surface area contributed by atoms with Gasteiger partial charge in [-0.15, -0.1) is 0 Å². The van der Waals surface area contributed by atoms with Crippen molar-refractivity contribution in [2.75, 3.05) is 6.54 Å². The van der Waals surface area contributed by atoms with E-state index in [-0.39, 0.29) is 45.5 Å². The van der Waals surface area contributed by atoms with Gasteiger partial charge in [0.1, 0.15) is 22.9 Å². The second-order valence-corrected chi connectivity index (χ2v) is 10.3. The number of nitrogens with zero attached hydrogens (tertiary/aromatic N) is 2. The fraction of sp³-hybridized carbons (Fsp3) is 0.207. The number of rotatable bonds is 6. The van der Waals surface area contributed by atoms with Gasteiger partial charge in [0.05, 0.1) is 29.2 Å². The molecule has 0 spiro atoms. The number of aromatic nitrogens is 3. The van der Waals surface area contributed by atoms with Crippen LogP contribution in [0.25, 0.3) is 22.4 Å². The van der Waals surface area contributed by atoms with E-state index in [2.05, 4.69) is 15.2 Å². The standard InChI is InChI=1S/C29H18F8N4O4/c1-27(30,31)12-41-23(20-21(39-40-22(20)25(41)42)16-6-3-7-18-24(16)45-26(43)38-18)13-4-2-5-15(10-13)44-19-9-8-14(28(32,33)34)11-17(19)29(35,36)37/h2-11,23H,12H2,1H3,(H,38,43)(H,39,40). The molecule has 2 aromatic heterocycles. The number of para-hydroxylation sites is 1. The number of alkyl halides is 8. The van der Waals surface area contributed by atoms with E-state index in [9.17, 15) is 44.7 Å². The van der Waals surface area contributed by atoms with Crippen molar-refractivity contribution in [2.24, 2.45) is 0 Å². The third-order valence-corrected chi connectivity index (χ3v) is 7.03. The minimum Gasteiger partial charge on any atom is -0.457 e. The van der Waals surface area contributed by atoms with E-state index in [1.54, 1.807) is 12.1 Å². The smallest absolute Gasteiger partial charge is 0.420 e. The first kappa shape index (κ1) is 29.9. The van der Waals surface area contributed by atoms with Gasteiger partial charge in [-0.1, -0.05) is 18.2 Å². The van der Waals surface area contributed by atoms with Gasteiger partial charge in [-0.05, 0) is 48.0 Å². The molecule has 0 saturated carbocycles. The minimum atomic E-state index is -5.22. The number of oxazole rings is 1. The summed E-state index contributed by atoms with van der Waals surface area (Å²) in [4.78, 5) is 28.6. The fourth-order valence-electron chi connectivity index (χ4n) is 5.26. The molecule has 8 nitrogen and oxygen atoms in total. The third kappa shape index (κ3) is 5.51.